The summed E-state index contributed by atoms with van der Waals surface area (Å²) in [5.74, 6) is -1.65. The number of hydrogen-bond donors (Lipinski definition) is 1. The van der Waals surface area contributed by atoms with Gasteiger partial charge < -0.3 is 19.1 Å². The summed E-state index contributed by atoms with van der Waals surface area (Å²) in [7, 11) is 2.64. The number of carbonyl (C=O) groups is 1. The number of halogens is 1. The van der Waals surface area contributed by atoms with E-state index in [0.717, 1.165) is 0 Å². The molecule has 2 aromatic rings. The maximum Gasteiger partial charge on any atom is 0.358 e. The van der Waals surface area contributed by atoms with E-state index in [2.05, 4.69) is 5.16 Å². The number of methoxy groups -OCH3 is 2. The zero-order chi connectivity index (χ0) is 14.0. The van der Waals surface area contributed by atoms with Gasteiger partial charge in [0.15, 0.2) is 28.8 Å². The van der Waals surface area contributed by atoms with Gasteiger partial charge >= 0.3 is 5.97 Å². The van der Waals surface area contributed by atoms with Crippen molar-refractivity contribution < 1.29 is 28.3 Å². The first-order chi connectivity index (χ1) is 9.08. The highest BCUT2D eigenvalue weighted by Gasteiger charge is 2.20. The fourth-order valence-electron chi connectivity index (χ4n) is 1.63. The molecule has 1 heterocycles. The van der Waals surface area contributed by atoms with E-state index >= 15 is 0 Å². The Bertz CT molecular complexity index is 623. The van der Waals surface area contributed by atoms with Crippen molar-refractivity contribution in [2.75, 3.05) is 14.2 Å². The van der Waals surface area contributed by atoms with Crippen molar-refractivity contribution in [3.63, 3.8) is 0 Å². The van der Waals surface area contributed by atoms with Crippen LogP contribution in [0, 0.1) is 5.82 Å². The molecule has 0 aliphatic rings. The first-order valence-corrected chi connectivity index (χ1v) is 5.19. The van der Waals surface area contributed by atoms with Gasteiger partial charge in [0, 0.05) is 6.07 Å². The molecule has 0 saturated heterocycles. The third kappa shape index (κ3) is 2.22. The van der Waals surface area contributed by atoms with Crippen molar-refractivity contribution in [1.29, 1.82) is 0 Å². The van der Waals surface area contributed by atoms with Gasteiger partial charge in [-0.1, -0.05) is 5.16 Å². The molecule has 0 fully saturated rings. The van der Waals surface area contributed by atoms with E-state index in [4.69, 9.17) is 19.1 Å². The predicted octanol–water partition coefficient (Wildman–Crippen LogP) is 2.20. The maximum atomic E-state index is 13.5. The Morgan fingerprint density at radius 1 is 1.32 bits per heavy atom. The van der Waals surface area contributed by atoms with Crippen molar-refractivity contribution in [3.05, 3.63) is 29.7 Å². The molecule has 1 aromatic heterocycles. The van der Waals surface area contributed by atoms with Crippen LogP contribution >= 0.6 is 0 Å². The molecule has 2 rings (SSSR count). The van der Waals surface area contributed by atoms with Gasteiger partial charge in [-0.15, -0.1) is 0 Å². The van der Waals surface area contributed by atoms with Crippen LogP contribution in [0.15, 0.2) is 22.7 Å². The minimum absolute atomic E-state index is 0.0896. The number of aromatic carboxylic acids is 1. The number of benzene rings is 1. The van der Waals surface area contributed by atoms with E-state index < -0.39 is 11.8 Å². The molecule has 1 N–H and O–H groups in total. The van der Waals surface area contributed by atoms with E-state index in [9.17, 15) is 9.18 Å². The molecule has 0 aliphatic carbocycles. The monoisotopic (exact) mass is 267 g/mol. The SMILES string of the molecule is COc1c(F)ccc(-c2cc(C(=O)O)no2)c1OC. The third-order valence-corrected chi connectivity index (χ3v) is 2.47. The van der Waals surface area contributed by atoms with Crippen LogP contribution in [0.4, 0.5) is 4.39 Å². The fourth-order valence-corrected chi connectivity index (χ4v) is 1.63. The molecular formula is C12H10FNO5. The predicted molar refractivity (Wildman–Crippen MR) is 62.0 cm³/mol. The average molecular weight is 267 g/mol. The van der Waals surface area contributed by atoms with Crippen molar-refractivity contribution in [1.82, 2.24) is 5.16 Å². The molecule has 19 heavy (non-hydrogen) atoms. The van der Waals surface area contributed by atoms with Crippen LogP contribution in [0.5, 0.6) is 11.5 Å². The second-order valence-electron chi connectivity index (χ2n) is 3.54. The Balaban J connectivity index is 2.58. The lowest BCUT2D eigenvalue weighted by molar-refractivity contribution is 0.0686. The van der Waals surface area contributed by atoms with Crippen molar-refractivity contribution >= 4 is 5.97 Å². The zero-order valence-electron chi connectivity index (χ0n) is 10.1. The van der Waals surface area contributed by atoms with E-state index in [1.165, 1.54) is 32.4 Å². The summed E-state index contributed by atoms with van der Waals surface area (Å²) in [6.45, 7) is 0. The van der Waals surface area contributed by atoms with Crippen LogP contribution in [0.2, 0.25) is 0 Å². The Morgan fingerprint density at radius 2 is 2.00 bits per heavy atom. The highest BCUT2D eigenvalue weighted by molar-refractivity contribution is 5.87. The fraction of sp³-hybridized carbons (Fsp3) is 0.167. The maximum absolute atomic E-state index is 13.5. The summed E-state index contributed by atoms with van der Waals surface area (Å²) in [5.41, 5.74) is 0.0982. The molecule has 0 radical (unpaired) electrons. The first-order valence-electron chi connectivity index (χ1n) is 5.19. The van der Waals surface area contributed by atoms with Gasteiger partial charge in [-0.3, -0.25) is 0 Å². The first kappa shape index (κ1) is 12.9. The summed E-state index contributed by atoms with van der Waals surface area (Å²) in [4.78, 5) is 10.7. The quantitative estimate of drug-likeness (QED) is 0.914. The molecule has 100 valence electrons. The summed E-state index contributed by atoms with van der Waals surface area (Å²) in [5, 5.41) is 12.2. The molecule has 0 atom stereocenters. The standard InChI is InChI=1S/C12H10FNO5/c1-17-10-6(3-4-7(13)11(10)18-2)9-5-8(12(15)16)14-19-9/h3-5H,1-2H3,(H,15,16). The molecular weight excluding hydrogens is 257 g/mol. The molecule has 0 saturated carbocycles. The van der Waals surface area contributed by atoms with Crippen LogP contribution in [0.1, 0.15) is 10.5 Å². The average Bonchev–Trinajstić information content (AvgIpc) is 2.87. The van der Waals surface area contributed by atoms with Gasteiger partial charge in [-0.25, -0.2) is 9.18 Å². The number of ether oxygens (including phenoxy) is 2. The van der Waals surface area contributed by atoms with Gasteiger partial charge in [0.2, 0.25) is 0 Å². The Hall–Kier alpha value is -2.57. The van der Waals surface area contributed by atoms with Crippen LogP contribution in [0.25, 0.3) is 11.3 Å². The van der Waals surface area contributed by atoms with Crippen LogP contribution in [0.3, 0.4) is 0 Å². The van der Waals surface area contributed by atoms with Gasteiger partial charge in [0.25, 0.3) is 0 Å². The number of hydrogen-bond acceptors (Lipinski definition) is 5. The number of carboxylic acids is 1. The van der Waals surface area contributed by atoms with E-state index in [1.54, 1.807) is 0 Å². The van der Waals surface area contributed by atoms with Crippen molar-refractivity contribution in [2.45, 2.75) is 0 Å². The van der Waals surface area contributed by atoms with Crippen LogP contribution < -0.4 is 9.47 Å². The Morgan fingerprint density at radius 3 is 2.53 bits per heavy atom. The van der Waals surface area contributed by atoms with Gasteiger partial charge in [0.1, 0.15) is 0 Å². The highest BCUT2D eigenvalue weighted by atomic mass is 19.1. The van der Waals surface area contributed by atoms with Crippen molar-refractivity contribution in [3.8, 4) is 22.8 Å². The van der Waals surface area contributed by atoms with Gasteiger partial charge in [-0.2, -0.15) is 0 Å². The molecule has 7 heteroatoms. The zero-order valence-corrected chi connectivity index (χ0v) is 10.1. The van der Waals surface area contributed by atoms with Crippen LogP contribution in [-0.2, 0) is 0 Å². The number of carboxylic acid groups (broad SMARTS) is 1. The molecule has 0 aliphatic heterocycles. The lowest BCUT2D eigenvalue weighted by Gasteiger charge is -2.11. The minimum Gasteiger partial charge on any atom is -0.492 e. The minimum atomic E-state index is -1.22. The number of rotatable bonds is 4. The summed E-state index contributed by atoms with van der Waals surface area (Å²) in [6.07, 6.45) is 0. The second-order valence-corrected chi connectivity index (χ2v) is 3.54. The number of nitrogens with zero attached hydrogens (tertiary/aromatic N) is 1. The Kier molecular flexibility index (Phi) is 3.37. The molecule has 1 aromatic carbocycles. The molecule has 0 unspecified atom stereocenters. The van der Waals surface area contributed by atoms with Crippen molar-refractivity contribution in [2.24, 2.45) is 0 Å². The van der Waals surface area contributed by atoms with Crippen LogP contribution in [-0.4, -0.2) is 30.5 Å². The second kappa shape index (κ2) is 4.97. The summed E-state index contributed by atoms with van der Waals surface area (Å²) < 4.78 is 28.4. The normalized spacial score (nSPS) is 10.3. The Labute approximate surface area is 107 Å². The molecule has 0 bridgehead atoms. The molecule has 0 spiro atoms. The van der Waals surface area contributed by atoms with E-state index in [-0.39, 0.29) is 23.0 Å². The highest BCUT2D eigenvalue weighted by Crippen LogP contribution is 2.39. The molecule has 6 nitrogen and oxygen atoms in total. The lowest BCUT2D eigenvalue weighted by Crippen LogP contribution is -1.96. The van der Waals surface area contributed by atoms with Gasteiger partial charge in [0.05, 0.1) is 19.8 Å². The largest absolute Gasteiger partial charge is 0.492 e. The summed E-state index contributed by atoms with van der Waals surface area (Å²) >= 11 is 0. The summed E-state index contributed by atoms with van der Waals surface area (Å²) in [6, 6.07) is 3.78. The smallest absolute Gasteiger partial charge is 0.358 e. The van der Waals surface area contributed by atoms with E-state index in [0.29, 0.717) is 5.56 Å². The molecule has 0 amide bonds. The van der Waals surface area contributed by atoms with Gasteiger partial charge in [-0.05, 0) is 12.1 Å². The van der Waals surface area contributed by atoms with E-state index in [1.807, 2.05) is 0 Å². The third-order valence-electron chi connectivity index (χ3n) is 2.47. The topological polar surface area (TPSA) is 81.8 Å². The lowest BCUT2D eigenvalue weighted by atomic mass is 10.1. The number of aromatic nitrogens is 1.